The second-order valence-electron chi connectivity index (χ2n) is 7.47. The van der Waals surface area contributed by atoms with Crippen LogP contribution in [0.1, 0.15) is 22.4 Å². The van der Waals surface area contributed by atoms with Crippen LogP contribution in [0.15, 0.2) is 59.9 Å². The highest BCUT2D eigenvalue weighted by Gasteiger charge is 2.20. The van der Waals surface area contributed by atoms with Gasteiger partial charge in [-0.3, -0.25) is 4.79 Å². The molecule has 8 heteroatoms. The number of benzene rings is 2. The van der Waals surface area contributed by atoms with Crippen molar-refractivity contribution in [3.05, 3.63) is 77.4 Å². The summed E-state index contributed by atoms with van der Waals surface area (Å²) in [6, 6.07) is 12.5. The maximum atomic E-state index is 12.3. The third-order valence-corrected chi connectivity index (χ3v) is 6.29. The van der Waals surface area contributed by atoms with E-state index in [1.807, 2.05) is 12.3 Å². The van der Waals surface area contributed by atoms with Gasteiger partial charge in [0.2, 0.25) is 0 Å². The maximum Gasteiger partial charge on any atom is 0.310 e. The number of sulfone groups is 1. The van der Waals surface area contributed by atoms with Crippen LogP contribution in [-0.4, -0.2) is 37.2 Å². The summed E-state index contributed by atoms with van der Waals surface area (Å²) in [7, 11) is -3.24. The van der Waals surface area contributed by atoms with E-state index < -0.39 is 9.84 Å². The third kappa shape index (κ3) is 4.71. The molecule has 0 bridgehead atoms. The summed E-state index contributed by atoms with van der Waals surface area (Å²) in [6.45, 7) is 1.80. The van der Waals surface area contributed by atoms with Crippen molar-refractivity contribution in [3.63, 3.8) is 0 Å². The average molecular weight is 426 g/mol. The van der Waals surface area contributed by atoms with Crippen molar-refractivity contribution < 1.29 is 17.9 Å². The second-order valence-corrected chi connectivity index (χ2v) is 9.48. The van der Waals surface area contributed by atoms with E-state index in [-0.39, 0.29) is 23.9 Å². The van der Waals surface area contributed by atoms with Crippen LogP contribution in [0.25, 0.3) is 0 Å². The van der Waals surface area contributed by atoms with Crippen molar-refractivity contribution in [1.82, 2.24) is 9.97 Å². The molecule has 0 saturated heterocycles. The fourth-order valence-electron chi connectivity index (χ4n) is 3.56. The van der Waals surface area contributed by atoms with Gasteiger partial charge in [0, 0.05) is 24.7 Å². The highest BCUT2D eigenvalue weighted by atomic mass is 32.2. The number of carbonyl (C=O) groups excluding carboxylic acids is 1. The Labute approximate surface area is 175 Å². The molecule has 2 heterocycles. The molecule has 0 amide bonds. The topological polar surface area (TPSA) is 92.4 Å². The molecular weight excluding hydrogens is 402 g/mol. The lowest BCUT2D eigenvalue weighted by molar-refractivity contribution is -0.144. The number of nitrogens with one attached hydrogen (secondary N) is 1. The van der Waals surface area contributed by atoms with E-state index in [0.717, 1.165) is 48.3 Å². The normalized spacial score (nSPS) is 13.3. The molecule has 7 nitrogen and oxygen atoms in total. The lowest BCUT2D eigenvalue weighted by Gasteiger charge is -2.19. The van der Waals surface area contributed by atoms with E-state index >= 15 is 0 Å². The molecule has 1 aliphatic heterocycles. The first-order chi connectivity index (χ1) is 14.4. The van der Waals surface area contributed by atoms with Gasteiger partial charge in [0.25, 0.3) is 0 Å². The van der Waals surface area contributed by atoms with Crippen LogP contribution >= 0.6 is 0 Å². The minimum absolute atomic E-state index is 0.111. The number of fused-ring (bicyclic) bond motifs is 1. The number of nitrogens with zero attached hydrogens (tertiary/aromatic N) is 2. The molecule has 0 saturated carbocycles. The van der Waals surface area contributed by atoms with E-state index in [0.29, 0.717) is 0 Å². The molecule has 0 unspecified atom stereocenters. The lowest BCUT2D eigenvalue weighted by Crippen LogP contribution is -2.20. The van der Waals surface area contributed by atoms with Gasteiger partial charge in [0.1, 0.15) is 6.61 Å². The van der Waals surface area contributed by atoms with Crippen LogP contribution in [-0.2, 0) is 45.4 Å². The van der Waals surface area contributed by atoms with E-state index in [1.165, 1.54) is 17.7 Å². The highest BCUT2D eigenvalue weighted by molar-refractivity contribution is 7.90. The van der Waals surface area contributed by atoms with E-state index in [9.17, 15) is 13.2 Å². The monoisotopic (exact) mass is 425 g/mol. The first kappa shape index (κ1) is 20.2. The fraction of sp³-hybridized carbons (Fsp3) is 0.273. The summed E-state index contributed by atoms with van der Waals surface area (Å²) in [5.74, 6) is -0.319. The van der Waals surface area contributed by atoms with Gasteiger partial charge >= 0.3 is 5.97 Å². The maximum absolute atomic E-state index is 12.3. The van der Waals surface area contributed by atoms with Crippen molar-refractivity contribution in [3.8, 4) is 0 Å². The van der Waals surface area contributed by atoms with Gasteiger partial charge in [-0.1, -0.05) is 24.3 Å². The van der Waals surface area contributed by atoms with E-state index in [1.54, 1.807) is 18.5 Å². The number of carbonyl (C=O) groups is 1. The molecule has 2 aromatic carbocycles. The van der Waals surface area contributed by atoms with Crippen LogP contribution in [0.4, 0.5) is 5.69 Å². The minimum atomic E-state index is -3.24. The number of imidazole rings is 1. The Morgan fingerprint density at radius 1 is 1.17 bits per heavy atom. The van der Waals surface area contributed by atoms with Gasteiger partial charge in [0.15, 0.2) is 9.84 Å². The molecule has 3 aromatic rings. The Bertz CT molecular complexity index is 1140. The fourth-order valence-corrected chi connectivity index (χ4v) is 4.19. The van der Waals surface area contributed by atoms with Crippen molar-refractivity contribution >= 4 is 21.5 Å². The first-order valence-electron chi connectivity index (χ1n) is 9.67. The molecule has 0 fully saturated rings. The SMILES string of the molecule is CS(=O)(=O)c1ccc(COC(=O)Cc2ccc3c(c2)N(Cc2cnc[nH]2)CC3)cc1. The summed E-state index contributed by atoms with van der Waals surface area (Å²) in [6.07, 6.45) is 5.83. The number of rotatable bonds is 7. The largest absolute Gasteiger partial charge is 0.461 e. The van der Waals surface area contributed by atoms with Crippen LogP contribution < -0.4 is 4.90 Å². The number of hydrogen-bond acceptors (Lipinski definition) is 6. The molecule has 156 valence electrons. The highest BCUT2D eigenvalue weighted by Crippen LogP contribution is 2.30. The van der Waals surface area contributed by atoms with Gasteiger partial charge in [-0.2, -0.15) is 0 Å². The van der Waals surface area contributed by atoms with Crippen LogP contribution in [0, 0.1) is 0 Å². The van der Waals surface area contributed by atoms with E-state index in [4.69, 9.17) is 4.74 Å². The van der Waals surface area contributed by atoms with Crippen LogP contribution in [0.3, 0.4) is 0 Å². The number of H-pyrrole nitrogens is 1. The van der Waals surface area contributed by atoms with Crippen LogP contribution in [0.2, 0.25) is 0 Å². The molecule has 1 aromatic heterocycles. The number of aromatic nitrogens is 2. The molecular formula is C22H23N3O4S. The molecule has 0 atom stereocenters. The van der Waals surface area contributed by atoms with Crippen LogP contribution in [0.5, 0.6) is 0 Å². The van der Waals surface area contributed by atoms with Gasteiger partial charge in [-0.05, 0) is 41.3 Å². The summed E-state index contributed by atoms with van der Waals surface area (Å²) in [5, 5.41) is 0. The number of ether oxygens (including phenoxy) is 1. The Morgan fingerprint density at radius 2 is 1.93 bits per heavy atom. The molecule has 30 heavy (non-hydrogen) atoms. The third-order valence-electron chi connectivity index (χ3n) is 5.16. The average Bonchev–Trinajstić information content (AvgIpc) is 3.37. The predicted octanol–water partition coefficient (Wildman–Crippen LogP) is 2.66. The predicted molar refractivity (Wildman–Crippen MR) is 113 cm³/mol. The van der Waals surface area contributed by atoms with E-state index in [2.05, 4.69) is 27.0 Å². The number of anilines is 1. The molecule has 4 rings (SSSR count). The van der Waals surface area contributed by atoms with Crippen molar-refractivity contribution in [2.24, 2.45) is 0 Å². The zero-order chi connectivity index (χ0) is 21.1. The standard InChI is InChI=1S/C22H23N3O4S/c1-30(27,28)20-6-3-16(4-7-20)14-29-22(26)11-17-2-5-18-8-9-25(21(18)10-17)13-19-12-23-15-24-19/h2-7,10,12,15H,8-9,11,13-14H2,1H3,(H,23,24). The van der Waals surface area contributed by atoms with Gasteiger partial charge in [-0.25, -0.2) is 13.4 Å². The quantitative estimate of drug-likeness (QED) is 0.585. The molecule has 0 radical (unpaired) electrons. The van der Waals surface area contributed by atoms with Crippen molar-refractivity contribution in [2.45, 2.75) is 30.9 Å². The Kier molecular flexibility index (Phi) is 5.59. The molecule has 0 spiro atoms. The van der Waals surface area contributed by atoms with Crippen molar-refractivity contribution in [2.75, 3.05) is 17.7 Å². The summed E-state index contributed by atoms with van der Waals surface area (Å²) in [5.41, 5.74) is 5.12. The zero-order valence-electron chi connectivity index (χ0n) is 16.7. The van der Waals surface area contributed by atoms with Gasteiger partial charge in [-0.15, -0.1) is 0 Å². The first-order valence-corrected chi connectivity index (χ1v) is 11.6. The second kappa shape index (κ2) is 8.31. The van der Waals surface area contributed by atoms with Gasteiger partial charge < -0.3 is 14.6 Å². The number of esters is 1. The Balaban J connectivity index is 1.36. The molecule has 1 aliphatic rings. The van der Waals surface area contributed by atoms with Crippen molar-refractivity contribution in [1.29, 1.82) is 0 Å². The lowest BCUT2D eigenvalue weighted by atomic mass is 10.1. The number of hydrogen-bond donors (Lipinski definition) is 1. The van der Waals surface area contributed by atoms with Gasteiger partial charge in [0.05, 0.1) is 29.9 Å². The Hall–Kier alpha value is -3.13. The molecule has 1 N–H and O–H groups in total. The molecule has 0 aliphatic carbocycles. The Morgan fingerprint density at radius 3 is 2.63 bits per heavy atom. The summed E-state index contributed by atoms with van der Waals surface area (Å²) < 4.78 is 28.4. The smallest absolute Gasteiger partial charge is 0.310 e. The number of aromatic amines is 1. The minimum Gasteiger partial charge on any atom is -0.461 e. The summed E-state index contributed by atoms with van der Waals surface area (Å²) in [4.78, 5) is 22.0. The summed E-state index contributed by atoms with van der Waals surface area (Å²) >= 11 is 0. The zero-order valence-corrected chi connectivity index (χ0v) is 17.5.